The highest BCUT2D eigenvalue weighted by Crippen LogP contribution is 2.53. The molecule has 1 fully saturated rings. The van der Waals surface area contributed by atoms with E-state index < -0.39 is 0 Å². The summed E-state index contributed by atoms with van der Waals surface area (Å²) in [5.41, 5.74) is 4.64. The Morgan fingerprint density at radius 1 is 1.03 bits per heavy atom. The van der Waals surface area contributed by atoms with E-state index in [1.165, 1.54) is 5.56 Å². The topological polar surface area (TPSA) is 103 Å². The van der Waals surface area contributed by atoms with Crippen molar-refractivity contribution in [3.63, 3.8) is 0 Å². The minimum Gasteiger partial charge on any atom is -0.330 e. The molecule has 0 unspecified atom stereocenters. The Labute approximate surface area is 179 Å². The molecule has 0 atom stereocenters. The zero-order chi connectivity index (χ0) is 21.3. The van der Waals surface area contributed by atoms with E-state index in [0.717, 1.165) is 29.6 Å². The molecular formula is C24H19N7. The Bertz CT molecular complexity index is 1350. The van der Waals surface area contributed by atoms with Gasteiger partial charge in [-0.1, -0.05) is 12.1 Å². The zero-order valence-corrected chi connectivity index (χ0v) is 16.8. The number of rotatable bonds is 6. The van der Waals surface area contributed by atoms with Gasteiger partial charge in [0.05, 0.1) is 47.2 Å². The van der Waals surface area contributed by atoms with Crippen LogP contribution in [-0.4, -0.2) is 19.5 Å². The molecule has 4 aromatic rings. The molecule has 1 N–H and O–H groups in total. The lowest BCUT2D eigenvalue weighted by Crippen LogP contribution is -2.12. The highest BCUT2D eigenvalue weighted by molar-refractivity contribution is 5.77. The molecule has 0 amide bonds. The van der Waals surface area contributed by atoms with Crippen LogP contribution in [-0.2, 0) is 12.0 Å². The minimum atomic E-state index is -0.107. The van der Waals surface area contributed by atoms with Crippen molar-refractivity contribution >= 4 is 22.7 Å². The van der Waals surface area contributed by atoms with Crippen LogP contribution >= 0.6 is 0 Å². The van der Waals surface area contributed by atoms with Crippen LogP contribution in [0.15, 0.2) is 61.1 Å². The number of hydrogen-bond donors (Lipinski definition) is 1. The molecule has 7 nitrogen and oxygen atoms in total. The Morgan fingerprint density at radius 3 is 2.74 bits per heavy atom. The Balaban J connectivity index is 1.44. The number of hydrogen-bond acceptors (Lipinski definition) is 6. The van der Waals surface area contributed by atoms with Gasteiger partial charge >= 0.3 is 0 Å². The predicted molar refractivity (Wildman–Crippen MR) is 116 cm³/mol. The summed E-state index contributed by atoms with van der Waals surface area (Å²) in [7, 11) is 0. The van der Waals surface area contributed by atoms with Gasteiger partial charge in [-0.2, -0.15) is 10.5 Å². The maximum Gasteiger partial charge on any atom is 0.132 e. The van der Waals surface area contributed by atoms with Crippen molar-refractivity contribution in [3.8, 4) is 12.1 Å². The van der Waals surface area contributed by atoms with Crippen LogP contribution < -0.4 is 5.32 Å². The molecule has 0 spiro atoms. The summed E-state index contributed by atoms with van der Waals surface area (Å²) in [6, 6.07) is 20.0. The number of aromatic nitrogens is 4. The number of nitrogens with zero attached hydrogens (tertiary/aromatic N) is 6. The second-order valence-electron chi connectivity index (χ2n) is 7.71. The van der Waals surface area contributed by atoms with Gasteiger partial charge in [0.1, 0.15) is 11.6 Å². The van der Waals surface area contributed by atoms with Crippen LogP contribution in [0.5, 0.6) is 0 Å². The van der Waals surface area contributed by atoms with Gasteiger partial charge in [0.15, 0.2) is 0 Å². The zero-order valence-electron chi connectivity index (χ0n) is 16.8. The largest absolute Gasteiger partial charge is 0.330 e. The fourth-order valence-electron chi connectivity index (χ4n) is 4.00. The van der Waals surface area contributed by atoms with Crippen molar-refractivity contribution in [2.24, 2.45) is 0 Å². The number of fused-ring (bicyclic) bond motifs is 1. The van der Waals surface area contributed by atoms with Crippen LogP contribution in [0.2, 0.25) is 0 Å². The Morgan fingerprint density at radius 2 is 1.94 bits per heavy atom. The first-order valence-corrected chi connectivity index (χ1v) is 10.1. The first-order valence-electron chi connectivity index (χ1n) is 10.1. The lowest BCUT2D eigenvalue weighted by atomic mass is 9.91. The van der Waals surface area contributed by atoms with Crippen molar-refractivity contribution in [2.75, 3.05) is 5.32 Å². The molecule has 0 aliphatic heterocycles. The van der Waals surface area contributed by atoms with Crippen molar-refractivity contribution in [1.82, 2.24) is 19.5 Å². The number of benzene rings is 1. The number of nitrogens with one attached hydrogen (secondary N) is 1. The van der Waals surface area contributed by atoms with Crippen molar-refractivity contribution < 1.29 is 0 Å². The maximum atomic E-state index is 9.09. The Hall–Kier alpha value is -4.23. The molecule has 0 bridgehead atoms. The van der Waals surface area contributed by atoms with E-state index in [0.29, 0.717) is 30.2 Å². The van der Waals surface area contributed by atoms with Crippen molar-refractivity contribution in [3.05, 3.63) is 77.9 Å². The van der Waals surface area contributed by atoms with E-state index in [1.54, 1.807) is 24.7 Å². The van der Waals surface area contributed by atoms with Gasteiger partial charge in [0.2, 0.25) is 0 Å². The van der Waals surface area contributed by atoms with E-state index in [9.17, 15) is 0 Å². The van der Waals surface area contributed by atoms with Gasteiger partial charge in [0.25, 0.3) is 0 Å². The molecule has 3 aromatic heterocycles. The normalized spacial score (nSPS) is 14.0. The maximum absolute atomic E-state index is 9.09. The fraction of sp³-hybridized carbons (Fsp3) is 0.208. The third-order valence-corrected chi connectivity index (χ3v) is 5.77. The average molecular weight is 405 g/mol. The standard InChI is InChI=1S/C24H19N7/c25-10-2-12-31-16-28-19-14-18(5-6-20(19)31)24(8-9-24)21-3-1-4-22(29-21)30-23-13-17(15-26)7-11-27-23/h1,3-7,11,13-14,16H,2,8-9,12H2,(H,27,29,30). The SMILES string of the molecule is N#CCCn1cnc2cc(C3(c4cccc(Nc5cc(C#N)ccn5)n4)CC3)ccc21. The van der Waals surface area contributed by atoms with Crippen LogP contribution in [0.3, 0.4) is 0 Å². The first-order chi connectivity index (χ1) is 15.2. The number of imidazole rings is 1. The number of pyridine rings is 2. The summed E-state index contributed by atoms with van der Waals surface area (Å²) < 4.78 is 2.02. The molecular weight excluding hydrogens is 386 g/mol. The summed E-state index contributed by atoms with van der Waals surface area (Å²) >= 11 is 0. The van der Waals surface area contributed by atoms with Gasteiger partial charge in [0, 0.05) is 18.2 Å². The van der Waals surface area contributed by atoms with Gasteiger partial charge in [-0.15, -0.1) is 0 Å². The van der Waals surface area contributed by atoms with Gasteiger partial charge < -0.3 is 9.88 Å². The minimum absolute atomic E-state index is 0.107. The van der Waals surface area contributed by atoms with Crippen LogP contribution in [0.25, 0.3) is 11.0 Å². The van der Waals surface area contributed by atoms with Gasteiger partial charge in [-0.25, -0.2) is 15.0 Å². The first kappa shape index (κ1) is 18.8. The summed E-state index contributed by atoms with van der Waals surface area (Å²) in [4.78, 5) is 13.7. The van der Waals surface area contributed by atoms with Crippen molar-refractivity contribution in [2.45, 2.75) is 31.2 Å². The smallest absolute Gasteiger partial charge is 0.132 e. The summed E-state index contributed by atoms with van der Waals surface area (Å²) in [5.74, 6) is 1.30. The number of anilines is 2. The summed E-state index contributed by atoms with van der Waals surface area (Å²) in [6.45, 7) is 0.647. The van der Waals surface area contributed by atoms with E-state index in [-0.39, 0.29) is 5.41 Å². The Kier molecular flexibility index (Phi) is 4.57. The van der Waals surface area contributed by atoms with E-state index in [4.69, 9.17) is 15.5 Å². The average Bonchev–Trinajstić information content (AvgIpc) is 3.53. The van der Waals surface area contributed by atoms with E-state index >= 15 is 0 Å². The molecule has 1 aliphatic rings. The molecule has 5 rings (SSSR count). The quantitative estimate of drug-likeness (QED) is 0.509. The van der Waals surface area contributed by atoms with Crippen LogP contribution in [0.4, 0.5) is 11.6 Å². The van der Waals surface area contributed by atoms with Gasteiger partial charge in [-0.05, 0) is 54.8 Å². The molecule has 7 heteroatoms. The fourth-order valence-corrected chi connectivity index (χ4v) is 4.00. The molecule has 31 heavy (non-hydrogen) atoms. The van der Waals surface area contributed by atoms with Gasteiger partial charge in [-0.3, -0.25) is 0 Å². The number of nitriles is 2. The lowest BCUT2D eigenvalue weighted by molar-refractivity contribution is 0.736. The monoisotopic (exact) mass is 405 g/mol. The van der Waals surface area contributed by atoms with Crippen molar-refractivity contribution in [1.29, 1.82) is 10.5 Å². The second-order valence-corrected chi connectivity index (χ2v) is 7.71. The summed E-state index contributed by atoms with van der Waals surface area (Å²) in [5, 5.41) is 21.1. The lowest BCUT2D eigenvalue weighted by Gasteiger charge is -2.17. The molecule has 1 saturated carbocycles. The van der Waals surface area contributed by atoms with E-state index in [1.807, 2.05) is 16.7 Å². The highest BCUT2D eigenvalue weighted by Gasteiger charge is 2.47. The van der Waals surface area contributed by atoms with Crippen LogP contribution in [0, 0.1) is 22.7 Å². The summed E-state index contributed by atoms with van der Waals surface area (Å²) in [6.07, 6.45) is 5.94. The van der Waals surface area contributed by atoms with Crippen LogP contribution in [0.1, 0.15) is 36.1 Å². The highest BCUT2D eigenvalue weighted by atomic mass is 15.1. The van der Waals surface area contributed by atoms with E-state index in [2.05, 4.69) is 51.7 Å². The molecule has 3 heterocycles. The third kappa shape index (κ3) is 3.47. The molecule has 0 saturated heterocycles. The predicted octanol–water partition coefficient (Wildman–Crippen LogP) is 4.44. The third-order valence-electron chi connectivity index (χ3n) is 5.77. The number of aryl methyl sites for hydroxylation is 1. The molecule has 150 valence electrons. The molecule has 0 radical (unpaired) electrons. The molecule has 1 aromatic carbocycles. The second kappa shape index (κ2) is 7.55. The molecule has 1 aliphatic carbocycles.